The molecular formula is C14H10F3NO. The minimum atomic E-state index is -1.03. The summed E-state index contributed by atoms with van der Waals surface area (Å²) in [6.07, 6.45) is 0.0271. The summed E-state index contributed by atoms with van der Waals surface area (Å²) in [7, 11) is 0. The number of hydrogen-bond acceptors (Lipinski definition) is 1. The molecule has 98 valence electrons. The van der Waals surface area contributed by atoms with Gasteiger partial charge in [0.15, 0.2) is 11.6 Å². The van der Waals surface area contributed by atoms with Gasteiger partial charge >= 0.3 is 0 Å². The van der Waals surface area contributed by atoms with Gasteiger partial charge in [0.2, 0.25) is 5.91 Å². The van der Waals surface area contributed by atoms with Crippen molar-refractivity contribution in [2.24, 2.45) is 0 Å². The van der Waals surface area contributed by atoms with Gasteiger partial charge < -0.3 is 5.32 Å². The van der Waals surface area contributed by atoms with E-state index in [1.807, 2.05) is 0 Å². The van der Waals surface area contributed by atoms with Crippen LogP contribution in [0.1, 0.15) is 5.56 Å². The van der Waals surface area contributed by atoms with E-state index in [-0.39, 0.29) is 17.9 Å². The summed E-state index contributed by atoms with van der Waals surface area (Å²) in [5, 5.41) is 2.43. The van der Waals surface area contributed by atoms with Crippen LogP contribution in [-0.4, -0.2) is 5.91 Å². The van der Waals surface area contributed by atoms with Gasteiger partial charge in [0.25, 0.3) is 0 Å². The van der Waals surface area contributed by atoms with Crippen LogP contribution in [0.25, 0.3) is 0 Å². The third kappa shape index (κ3) is 3.58. The van der Waals surface area contributed by atoms with E-state index < -0.39 is 17.5 Å². The van der Waals surface area contributed by atoms with Gasteiger partial charge in [-0.2, -0.15) is 0 Å². The molecule has 0 unspecified atom stereocenters. The van der Waals surface area contributed by atoms with Gasteiger partial charge in [-0.05, 0) is 29.8 Å². The number of hydrogen-bond donors (Lipinski definition) is 1. The first-order valence-corrected chi connectivity index (χ1v) is 5.54. The summed E-state index contributed by atoms with van der Waals surface area (Å²) in [6, 6.07) is 8.57. The Morgan fingerprint density at radius 3 is 2.26 bits per heavy atom. The van der Waals surface area contributed by atoms with Crippen molar-refractivity contribution in [3.63, 3.8) is 0 Å². The number of benzene rings is 2. The second kappa shape index (κ2) is 5.56. The van der Waals surface area contributed by atoms with Crippen molar-refractivity contribution in [1.29, 1.82) is 0 Å². The summed E-state index contributed by atoms with van der Waals surface area (Å²) in [6.45, 7) is 0. The predicted molar refractivity (Wildman–Crippen MR) is 65.1 cm³/mol. The third-order valence-corrected chi connectivity index (χ3v) is 2.48. The molecule has 1 N–H and O–H groups in total. The fourth-order valence-corrected chi connectivity index (χ4v) is 1.57. The lowest BCUT2D eigenvalue weighted by Gasteiger charge is -2.05. The summed E-state index contributed by atoms with van der Waals surface area (Å²) >= 11 is 0. The van der Waals surface area contributed by atoms with Gasteiger partial charge in [0.05, 0.1) is 6.42 Å². The minimum Gasteiger partial charge on any atom is -0.326 e. The number of nitrogens with one attached hydrogen (secondary N) is 1. The van der Waals surface area contributed by atoms with E-state index in [4.69, 9.17) is 0 Å². The Bertz CT molecular complexity index is 596. The largest absolute Gasteiger partial charge is 0.326 e. The highest BCUT2D eigenvalue weighted by molar-refractivity contribution is 5.92. The van der Waals surface area contributed by atoms with E-state index in [2.05, 4.69) is 5.32 Å². The quantitative estimate of drug-likeness (QED) is 0.906. The number of carbonyl (C=O) groups is 1. The molecule has 0 saturated carbocycles. The fraction of sp³-hybridized carbons (Fsp3) is 0.0714. The highest BCUT2D eigenvalue weighted by Crippen LogP contribution is 2.13. The molecule has 0 saturated heterocycles. The Kier molecular flexibility index (Phi) is 3.85. The lowest BCUT2D eigenvalue weighted by atomic mass is 10.1. The maximum atomic E-state index is 12.9. The van der Waals surface area contributed by atoms with E-state index in [1.165, 1.54) is 30.3 Å². The van der Waals surface area contributed by atoms with Crippen molar-refractivity contribution in [2.75, 3.05) is 5.32 Å². The molecular weight excluding hydrogens is 255 g/mol. The highest BCUT2D eigenvalue weighted by atomic mass is 19.2. The molecule has 2 aromatic carbocycles. The molecule has 0 aliphatic rings. The summed E-state index contributed by atoms with van der Waals surface area (Å²) in [5.74, 6) is -2.78. The lowest BCUT2D eigenvalue weighted by Crippen LogP contribution is -2.14. The van der Waals surface area contributed by atoms with Crippen molar-refractivity contribution < 1.29 is 18.0 Å². The predicted octanol–water partition coefficient (Wildman–Crippen LogP) is 3.29. The number of amides is 1. The molecule has 0 radical (unpaired) electrons. The average molecular weight is 265 g/mol. The second-order valence-electron chi connectivity index (χ2n) is 3.98. The van der Waals surface area contributed by atoms with Crippen molar-refractivity contribution in [1.82, 2.24) is 0 Å². The van der Waals surface area contributed by atoms with Crippen LogP contribution in [0.15, 0.2) is 42.5 Å². The molecule has 0 bridgehead atoms. The van der Waals surface area contributed by atoms with Crippen LogP contribution in [-0.2, 0) is 11.2 Å². The first-order chi connectivity index (χ1) is 9.04. The third-order valence-electron chi connectivity index (χ3n) is 2.48. The van der Waals surface area contributed by atoms with E-state index in [1.54, 1.807) is 0 Å². The maximum absolute atomic E-state index is 12.9. The summed E-state index contributed by atoms with van der Waals surface area (Å²) in [5.41, 5.74) is 0.799. The molecule has 0 aliphatic carbocycles. The first kappa shape index (κ1) is 13.1. The number of carbonyl (C=O) groups excluding carboxylic acids is 1. The van der Waals surface area contributed by atoms with Crippen LogP contribution >= 0.6 is 0 Å². The number of rotatable bonds is 3. The fourth-order valence-electron chi connectivity index (χ4n) is 1.57. The first-order valence-electron chi connectivity index (χ1n) is 5.54. The zero-order valence-corrected chi connectivity index (χ0v) is 9.79. The van der Waals surface area contributed by atoms with Crippen LogP contribution < -0.4 is 5.32 Å². The molecule has 0 fully saturated rings. The van der Waals surface area contributed by atoms with Gasteiger partial charge in [0.1, 0.15) is 5.82 Å². The molecule has 5 heteroatoms. The van der Waals surface area contributed by atoms with E-state index >= 15 is 0 Å². The Labute approximate surface area is 107 Å². The van der Waals surface area contributed by atoms with Gasteiger partial charge in [0, 0.05) is 11.8 Å². The van der Waals surface area contributed by atoms with Crippen molar-refractivity contribution in [3.05, 3.63) is 65.5 Å². The summed E-state index contributed by atoms with van der Waals surface area (Å²) in [4.78, 5) is 11.6. The Morgan fingerprint density at radius 2 is 1.63 bits per heavy atom. The molecule has 0 aliphatic heterocycles. The van der Waals surface area contributed by atoms with Crippen molar-refractivity contribution in [3.8, 4) is 0 Å². The summed E-state index contributed by atoms with van der Waals surface area (Å²) < 4.78 is 38.3. The molecule has 2 nitrogen and oxygen atoms in total. The molecule has 0 spiro atoms. The standard InChI is InChI=1S/C14H10F3NO/c15-10-3-1-9(2-4-10)7-14(19)18-11-5-6-12(16)13(17)8-11/h1-6,8H,7H2,(H,18,19). The van der Waals surface area contributed by atoms with Gasteiger partial charge in [-0.3, -0.25) is 4.79 Å². The van der Waals surface area contributed by atoms with Gasteiger partial charge in [-0.25, -0.2) is 13.2 Å². The average Bonchev–Trinajstić information content (AvgIpc) is 2.37. The maximum Gasteiger partial charge on any atom is 0.228 e. The topological polar surface area (TPSA) is 29.1 Å². The molecule has 2 rings (SSSR count). The smallest absolute Gasteiger partial charge is 0.228 e. The highest BCUT2D eigenvalue weighted by Gasteiger charge is 2.07. The monoisotopic (exact) mass is 265 g/mol. The number of halogens is 3. The molecule has 0 atom stereocenters. The van der Waals surface area contributed by atoms with Crippen molar-refractivity contribution in [2.45, 2.75) is 6.42 Å². The van der Waals surface area contributed by atoms with Crippen LogP contribution in [0.3, 0.4) is 0 Å². The Morgan fingerprint density at radius 1 is 0.947 bits per heavy atom. The zero-order valence-electron chi connectivity index (χ0n) is 9.79. The second-order valence-corrected chi connectivity index (χ2v) is 3.98. The molecule has 0 aromatic heterocycles. The van der Waals surface area contributed by atoms with E-state index in [9.17, 15) is 18.0 Å². The number of anilines is 1. The Hall–Kier alpha value is -2.30. The van der Waals surface area contributed by atoms with E-state index in [0.29, 0.717) is 5.56 Å². The van der Waals surface area contributed by atoms with Gasteiger partial charge in [-0.15, -0.1) is 0 Å². The molecule has 1 amide bonds. The molecule has 19 heavy (non-hydrogen) atoms. The molecule has 2 aromatic rings. The van der Waals surface area contributed by atoms with Crippen molar-refractivity contribution >= 4 is 11.6 Å². The molecule has 0 heterocycles. The van der Waals surface area contributed by atoms with Crippen LogP contribution in [0, 0.1) is 17.5 Å². The van der Waals surface area contributed by atoms with Gasteiger partial charge in [-0.1, -0.05) is 12.1 Å². The van der Waals surface area contributed by atoms with E-state index in [0.717, 1.165) is 12.1 Å². The van der Waals surface area contributed by atoms with Crippen LogP contribution in [0.2, 0.25) is 0 Å². The Balaban J connectivity index is 2.01. The normalized spacial score (nSPS) is 10.3. The minimum absolute atomic E-state index is 0.0271. The zero-order chi connectivity index (χ0) is 13.8. The van der Waals surface area contributed by atoms with Crippen LogP contribution in [0.5, 0.6) is 0 Å². The van der Waals surface area contributed by atoms with Crippen LogP contribution in [0.4, 0.5) is 18.9 Å². The SMILES string of the molecule is O=C(Cc1ccc(F)cc1)Nc1ccc(F)c(F)c1. The lowest BCUT2D eigenvalue weighted by molar-refractivity contribution is -0.115.